The molecule has 0 N–H and O–H groups in total. The maximum absolute atomic E-state index is 12.5. The molecule has 2 aromatic rings. The molecule has 3 rings (SSSR count). The Bertz CT molecular complexity index is 588. The zero-order valence-electron chi connectivity index (χ0n) is 12.4. The number of nitrogens with zero attached hydrogens (tertiary/aromatic N) is 1. The van der Waals surface area contributed by atoms with E-state index in [9.17, 15) is 4.79 Å². The predicted octanol–water partition coefficient (Wildman–Crippen LogP) is 4.34. The van der Waals surface area contributed by atoms with Crippen LogP contribution in [0.15, 0.2) is 34.1 Å². The van der Waals surface area contributed by atoms with Crippen LogP contribution in [0.25, 0.3) is 0 Å². The van der Waals surface area contributed by atoms with Crippen LogP contribution < -0.4 is 0 Å². The molecule has 4 heteroatoms. The van der Waals surface area contributed by atoms with Crippen LogP contribution in [-0.2, 0) is 11.2 Å². The maximum Gasteiger partial charge on any atom is 0.223 e. The topological polar surface area (TPSA) is 33.5 Å². The first-order valence-corrected chi connectivity index (χ1v) is 8.50. The van der Waals surface area contributed by atoms with Gasteiger partial charge in [0.25, 0.3) is 0 Å². The van der Waals surface area contributed by atoms with Gasteiger partial charge in [0, 0.05) is 17.8 Å². The minimum atomic E-state index is 0.146. The van der Waals surface area contributed by atoms with Crippen molar-refractivity contribution in [2.75, 3.05) is 6.54 Å². The number of carbonyl (C=O) groups excluding carboxylic acids is 1. The molecule has 1 saturated heterocycles. The van der Waals surface area contributed by atoms with E-state index in [0.717, 1.165) is 43.7 Å². The van der Waals surface area contributed by atoms with Gasteiger partial charge in [-0.2, -0.15) is 0 Å². The number of hydrogen-bond donors (Lipinski definition) is 0. The first-order chi connectivity index (χ1) is 10.2. The lowest BCUT2D eigenvalue weighted by atomic mass is 10.1. The lowest BCUT2D eigenvalue weighted by molar-refractivity contribution is -0.132. The van der Waals surface area contributed by atoms with Crippen molar-refractivity contribution in [1.29, 1.82) is 0 Å². The van der Waals surface area contributed by atoms with Crippen LogP contribution in [0.5, 0.6) is 0 Å². The largest absolute Gasteiger partial charge is 0.464 e. The van der Waals surface area contributed by atoms with E-state index in [1.54, 1.807) is 11.3 Å². The molecule has 21 heavy (non-hydrogen) atoms. The zero-order chi connectivity index (χ0) is 14.7. The van der Waals surface area contributed by atoms with Crippen molar-refractivity contribution in [2.24, 2.45) is 0 Å². The van der Waals surface area contributed by atoms with E-state index in [4.69, 9.17) is 4.42 Å². The number of rotatable bonds is 5. The van der Waals surface area contributed by atoms with Crippen LogP contribution in [0.1, 0.15) is 48.1 Å². The number of amides is 1. The van der Waals surface area contributed by atoms with Gasteiger partial charge < -0.3 is 9.32 Å². The Hall–Kier alpha value is -1.55. The van der Waals surface area contributed by atoms with Gasteiger partial charge >= 0.3 is 0 Å². The summed E-state index contributed by atoms with van der Waals surface area (Å²) in [5.41, 5.74) is 0. The molecule has 3 heterocycles. The monoisotopic (exact) mass is 303 g/mol. The molecule has 2 aromatic heterocycles. The van der Waals surface area contributed by atoms with Crippen molar-refractivity contribution in [2.45, 2.75) is 45.1 Å². The zero-order valence-corrected chi connectivity index (χ0v) is 13.2. The predicted molar refractivity (Wildman–Crippen MR) is 84.4 cm³/mol. The molecule has 0 saturated carbocycles. The number of hydrogen-bond acceptors (Lipinski definition) is 3. The SMILES string of the molecule is Cc1ccc(C2CCCN2C(=O)CCCc2cccs2)o1. The minimum Gasteiger partial charge on any atom is -0.464 e. The third kappa shape index (κ3) is 3.38. The summed E-state index contributed by atoms with van der Waals surface area (Å²) in [6, 6.07) is 8.34. The highest BCUT2D eigenvalue weighted by atomic mass is 32.1. The summed E-state index contributed by atoms with van der Waals surface area (Å²) in [4.78, 5) is 15.8. The molecule has 1 atom stereocenters. The van der Waals surface area contributed by atoms with E-state index in [1.807, 2.05) is 24.0 Å². The molecule has 0 spiro atoms. The summed E-state index contributed by atoms with van der Waals surface area (Å²) in [5, 5.41) is 2.09. The van der Waals surface area contributed by atoms with Crippen LogP contribution in [0.2, 0.25) is 0 Å². The third-order valence-corrected chi connectivity index (χ3v) is 4.99. The van der Waals surface area contributed by atoms with Gasteiger partial charge in [-0.15, -0.1) is 11.3 Å². The number of thiophene rings is 1. The quantitative estimate of drug-likeness (QED) is 0.823. The van der Waals surface area contributed by atoms with E-state index < -0.39 is 0 Å². The van der Waals surface area contributed by atoms with Crippen molar-refractivity contribution in [3.63, 3.8) is 0 Å². The van der Waals surface area contributed by atoms with E-state index in [0.29, 0.717) is 6.42 Å². The van der Waals surface area contributed by atoms with Crippen LogP contribution in [-0.4, -0.2) is 17.4 Å². The first kappa shape index (κ1) is 14.4. The van der Waals surface area contributed by atoms with Crippen molar-refractivity contribution >= 4 is 17.2 Å². The summed E-state index contributed by atoms with van der Waals surface area (Å²) in [7, 11) is 0. The van der Waals surface area contributed by atoms with Gasteiger partial charge in [-0.05, 0) is 56.2 Å². The molecule has 0 aromatic carbocycles. The van der Waals surface area contributed by atoms with Gasteiger partial charge in [0.05, 0.1) is 6.04 Å². The smallest absolute Gasteiger partial charge is 0.223 e. The normalized spacial score (nSPS) is 18.3. The Morgan fingerprint density at radius 2 is 2.33 bits per heavy atom. The molecule has 3 nitrogen and oxygen atoms in total. The Labute approximate surface area is 129 Å². The average Bonchev–Trinajstić information content (AvgIpc) is 3.18. The Morgan fingerprint density at radius 1 is 1.43 bits per heavy atom. The second-order valence-electron chi connectivity index (χ2n) is 5.63. The Morgan fingerprint density at radius 3 is 3.05 bits per heavy atom. The standard InChI is InChI=1S/C17H21NO2S/c1-13-9-10-16(20-13)15-7-3-11-18(15)17(19)8-2-5-14-6-4-12-21-14/h4,6,9-10,12,15H,2-3,5,7-8,11H2,1H3. The highest BCUT2D eigenvalue weighted by molar-refractivity contribution is 7.09. The summed E-state index contributed by atoms with van der Waals surface area (Å²) < 4.78 is 5.72. The number of likely N-dealkylation sites (tertiary alicyclic amines) is 1. The second-order valence-corrected chi connectivity index (χ2v) is 6.66. The van der Waals surface area contributed by atoms with Gasteiger partial charge in [-0.3, -0.25) is 4.79 Å². The fraction of sp³-hybridized carbons (Fsp3) is 0.471. The molecule has 1 aliphatic heterocycles. The third-order valence-electron chi connectivity index (χ3n) is 4.06. The van der Waals surface area contributed by atoms with E-state index in [1.165, 1.54) is 4.88 Å². The van der Waals surface area contributed by atoms with Crippen LogP contribution in [0, 0.1) is 6.92 Å². The molecule has 0 aliphatic carbocycles. The van der Waals surface area contributed by atoms with Crippen molar-refractivity contribution < 1.29 is 9.21 Å². The van der Waals surface area contributed by atoms with Crippen LogP contribution in [0.4, 0.5) is 0 Å². The van der Waals surface area contributed by atoms with E-state index >= 15 is 0 Å². The van der Waals surface area contributed by atoms with E-state index in [2.05, 4.69) is 17.5 Å². The number of carbonyl (C=O) groups is 1. The fourth-order valence-electron chi connectivity index (χ4n) is 3.01. The second kappa shape index (κ2) is 6.48. The van der Waals surface area contributed by atoms with E-state index in [-0.39, 0.29) is 11.9 Å². The molecule has 0 radical (unpaired) electrons. The molecule has 0 bridgehead atoms. The summed E-state index contributed by atoms with van der Waals surface area (Å²) in [5.74, 6) is 2.13. The van der Waals surface area contributed by atoms with Crippen LogP contribution in [0.3, 0.4) is 0 Å². The average molecular weight is 303 g/mol. The molecular formula is C17H21NO2S. The van der Waals surface area contributed by atoms with Gasteiger partial charge in [-0.25, -0.2) is 0 Å². The Kier molecular flexibility index (Phi) is 4.44. The van der Waals surface area contributed by atoms with Crippen LogP contribution >= 0.6 is 11.3 Å². The number of furan rings is 1. The van der Waals surface area contributed by atoms with Crippen molar-refractivity contribution in [3.8, 4) is 0 Å². The van der Waals surface area contributed by atoms with Crippen molar-refractivity contribution in [3.05, 3.63) is 46.0 Å². The highest BCUT2D eigenvalue weighted by Gasteiger charge is 2.31. The Balaban J connectivity index is 1.55. The number of aryl methyl sites for hydroxylation is 2. The van der Waals surface area contributed by atoms with Gasteiger partial charge in [0.1, 0.15) is 11.5 Å². The first-order valence-electron chi connectivity index (χ1n) is 7.62. The molecule has 1 fully saturated rings. The molecule has 1 aliphatic rings. The van der Waals surface area contributed by atoms with Gasteiger partial charge in [0.15, 0.2) is 0 Å². The fourth-order valence-corrected chi connectivity index (χ4v) is 3.76. The lowest BCUT2D eigenvalue weighted by Crippen LogP contribution is -2.30. The highest BCUT2D eigenvalue weighted by Crippen LogP contribution is 2.33. The molecule has 112 valence electrons. The molecule has 1 amide bonds. The summed E-state index contributed by atoms with van der Waals surface area (Å²) >= 11 is 1.77. The summed E-state index contributed by atoms with van der Waals surface area (Å²) in [6.07, 6.45) is 4.65. The minimum absolute atomic E-state index is 0.146. The van der Waals surface area contributed by atoms with Gasteiger partial charge in [0.2, 0.25) is 5.91 Å². The summed E-state index contributed by atoms with van der Waals surface area (Å²) in [6.45, 7) is 2.81. The van der Waals surface area contributed by atoms with Crippen molar-refractivity contribution in [1.82, 2.24) is 4.90 Å². The van der Waals surface area contributed by atoms with Gasteiger partial charge in [-0.1, -0.05) is 6.07 Å². The molecule has 1 unspecified atom stereocenters. The maximum atomic E-state index is 12.5. The molecular weight excluding hydrogens is 282 g/mol. The lowest BCUT2D eigenvalue weighted by Gasteiger charge is -2.23.